The summed E-state index contributed by atoms with van der Waals surface area (Å²) in [7, 11) is 0. The van der Waals surface area contributed by atoms with Crippen molar-refractivity contribution in [1.29, 1.82) is 0 Å². The summed E-state index contributed by atoms with van der Waals surface area (Å²) in [6.07, 6.45) is -0.858. The Hall–Kier alpha value is -1.76. The third kappa shape index (κ3) is 3.73. The number of hydrogen-bond donors (Lipinski definition) is 1. The molecule has 1 amide bonds. The first-order valence-corrected chi connectivity index (χ1v) is 9.83. The Morgan fingerprint density at radius 2 is 1.93 bits per heavy atom. The van der Waals surface area contributed by atoms with Gasteiger partial charge in [0.05, 0.1) is 5.60 Å². The van der Waals surface area contributed by atoms with Crippen LogP contribution in [-0.4, -0.2) is 41.0 Å². The van der Waals surface area contributed by atoms with Gasteiger partial charge in [-0.25, -0.2) is 0 Å². The molecule has 2 aliphatic carbocycles. The highest BCUT2D eigenvalue weighted by atomic mass is 19.4. The molecule has 1 unspecified atom stereocenters. The highest BCUT2D eigenvalue weighted by Gasteiger charge is 2.53. The minimum absolute atomic E-state index is 0.0660. The first-order valence-electron chi connectivity index (χ1n) is 9.83. The van der Waals surface area contributed by atoms with Crippen LogP contribution in [0.15, 0.2) is 18.2 Å². The number of ether oxygens (including phenoxy) is 1. The quantitative estimate of drug-likeness (QED) is 0.834. The summed E-state index contributed by atoms with van der Waals surface area (Å²) >= 11 is 0. The molecule has 0 radical (unpaired) electrons. The first kappa shape index (κ1) is 19.6. The van der Waals surface area contributed by atoms with E-state index in [4.69, 9.17) is 0 Å². The van der Waals surface area contributed by atoms with Gasteiger partial charge < -0.3 is 14.7 Å². The molecule has 1 atom stereocenters. The number of benzene rings is 1. The lowest BCUT2D eigenvalue weighted by molar-refractivity contribution is -0.274. The number of rotatable bonds is 3. The topological polar surface area (TPSA) is 49.8 Å². The molecule has 3 fully saturated rings. The maximum atomic E-state index is 12.6. The zero-order valence-corrected chi connectivity index (χ0v) is 16.2. The highest BCUT2D eigenvalue weighted by Crippen LogP contribution is 2.53. The van der Waals surface area contributed by atoms with Crippen LogP contribution < -0.4 is 4.74 Å². The normalized spacial score (nSPS) is 31.4. The molecule has 1 N–H and O–H groups in total. The average molecular weight is 397 g/mol. The second kappa shape index (κ2) is 6.37. The molecule has 2 saturated carbocycles. The van der Waals surface area contributed by atoms with Crippen molar-refractivity contribution in [1.82, 2.24) is 4.90 Å². The minimum atomic E-state index is -4.69. The number of amides is 1. The summed E-state index contributed by atoms with van der Waals surface area (Å²) in [6.45, 7) is 4.81. The molecule has 7 heteroatoms. The van der Waals surface area contributed by atoms with E-state index in [-0.39, 0.29) is 28.9 Å². The summed E-state index contributed by atoms with van der Waals surface area (Å²) in [5.41, 5.74) is 0.720. The first-order chi connectivity index (χ1) is 13.0. The maximum Gasteiger partial charge on any atom is 0.573 e. The summed E-state index contributed by atoms with van der Waals surface area (Å²) in [4.78, 5) is 14.4. The van der Waals surface area contributed by atoms with E-state index in [1.807, 2.05) is 11.0 Å². The Labute approximate surface area is 162 Å². The molecule has 154 valence electrons. The van der Waals surface area contributed by atoms with Crippen LogP contribution in [-0.2, 0) is 4.79 Å². The van der Waals surface area contributed by atoms with E-state index in [9.17, 15) is 23.1 Å². The Morgan fingerprint density at radius 1 is 1.25 bits per heavy atom. The standard InChI is InChI=1S/C21H26F3NO3/c1-13-3-4-14(7-17(13)28-21(22,23)24)15-5-6-20(10-15)11-25(12-20)18(26)16-8-19(2,27)9-16/h3-4,7,15-16,27H,5-6,8-12H2,1-2H3. The Kier molecular flexibility index (Phi) is 4.45. The number of carbonyl (C=O) groups excluding carboxylic acids is 1. The van der Waals surface area contributed by atoms with Gasteiger partial charge in [0.25, 0.3) is 0 Å². The Bertz CT molecular complexity index is 776. The fraction of sp³-hybridized carbons (Fsp3) is 0.667. The van der Waals surface area contributed by atoms with Gasteiger partial charge in [-0.2, -0.15) is 0 Å². The number of alkyl halides is 3. The molecule has 28 heavy (non-hydrogen) atoms. The molecule has 1 saturated heterocycles. The number of likely N-dealkylation sites (tertiary alicyclic amines) is 1. The van der Waals surface area contributed by atoms with E-state index in [0.717, 1.165) is 37.9 Å². The van der Waals surface area contributed by atoms with Crippen LogP contribution in [0.4, 0.5) is 13.2 Å². The average Bonchev–Trinajstić information content (AvgIpc) is 2.97. The van der Waals surface area contributed by atoms with E-state index in [2.05, 4.69) is 4.74 Å². The highest BCUT2D eigenvalue weighted by molar-refractivity contribution is 5.81. The lowest BCUT2D eigenvalue weighted by Crippen LogP contribution is -2.61. The number of nitrogens with zero attached hydrogens (tertiary/aromatic N) is 1. The molecule has 1 aromatic carbocycles. The fourth-order valence-electron chi connectivity index (χ4n) is 5.24. The van der Waals surface area contributed by atoms with Crippen molar-refractivity contribution >= 4 is 5.91 Å². The van der Waals surface area contributed by atoms with Crippen molar-refractivity contribution in [2.24, 2.45) is 11.3 Å². The van der Waals surface area contributed by atoms with Gasteiger partial charge in [-0.15, -0.1) is 13.2 Å². The van der Waals surface area contributed by atoms with Crippen molar-refractivity contribution < 1.29 is 27.8 Å². The van der Waals surface area contributed by atoms with Gasteiger partial charge in [0.2, 0.25) is 5.91 Å². The van der Waals surface area contributed by atoms with Crippen molar-refractivity contribution in [3.8, 4) is 5.75 Å². The molecule has 1 aromatic rings. The molecule has 4 nitrogen and oxygen atoms in total. The van der Waals surface area contributed by atoms with Gasteiger partial charge in [0.15, 0.2) is 0 Å². The molecule has 4 rings (SSSR count). The van der Waals surface area contributed by atoms with Crippen LogP contribution in [0.2, 0.25) is 0 Å². The number of carbonyl (C=O) groups is 1. The molecule has 1 heterocycles. The van der Waals surface area contributed by atoms with E-state index in [1.165, 1.54) is 6.07 Å². The summed E-state index contributed by atoms with van der Waals surface area (Å²) in [6, 6.07) is 5.09. The monoisotopic (exact) mass is 397 g/mol. The Balaban J connectivity index is 1.36. The van der Waals surface area contributed by atoms with Gasteiger partial charge in [-0.1, -0.05) is 12.1 Å². The largest absolute Gasteiger partial charge is 0.573 e. The van der Waals surface area contributed by atoms with Crippen LogP contribution in [0.1, 0.15) is 56.1 Å². The van der Waals surface area contributed by atoms with Crippen molar-refractivity contribution in [3.05, 3.63) is 29.3 Å². The number of hydrogen-bond acceptors (Lipinski definition) is 3. The predicted octanol–water partition coefficient (Wildman–Crippen LogP) is 4.15. The summed E-state index contributed by atoms with van der Waals surface area (Å²) in [5.74, 6) is 0.131. The van der Waals surface area contributed by atoms with Crippen LogP contribution >= 0.6 is 0 Å². The van der Waals surface area contributed by atoms with E-state index in [1.54, 1.807) is 19.9 Å². The smallest absolute Gasteiger partial charge is 0.406 e. The van der Waals surface area contributed by atoms with Crippen LogP contribution in [0.5, 0.6) is 5.75 Å². The summed E-state index contributed by atoms with van der Waals surface area (Å²) in [5, 5.41) is 9.83. The lowest BCUT2D eigenvalue weighted by Gasteiger charge is -2.52. The van der Waals surface area contributed by atoms with Gasteiger partial charge in [-0.3, -0.25) is 4.79 Å². The third-order valence-corrected chi connectivity index (χ3v) is 6.70. The van der Waals surface area contributed by atoms with Gasteiger partial charge in [-0.05, 0) is 69.1 Å². The van der Waals surface area contributed by atoms with Crippen LogP contribution in [0.3, 0.4) is 0 Å². The molecule has 3 aliphatic rings. The zero-order valence-electron chi connectivity index (χ0n) is 16.2. The fourth-order valence-corrected chi connectivity index (χ4v) is 5.24. The zero-order chi connectivity index (χ0) is 20.3. The van der Waals surface area contributed by atoms with Crippen LogP contribution in [0, 0.1) is 18.3 Å². The number of aliphatic hydroxyl groups is 1. The lowest BCUT2D eigenvalue weighted by atomic mass is 9.69. The molecular formula is C21H26F3NO3. The molecule has 1 aliphatic heterocycles. The van der Waals surface area contributed by atoms with Gasteiger partial charge >= 0.3 is 6.36 Å². The van der Waals surface area contributed by atoms with E-state index < -0.39 is 12.0 Å². The van der Waals surface area contributed by atoms with Crippen molar-refractivity contribution in [2.45, 2.75) is 63.8 Å². The van der Waals surface area contributed by atoms with Crippen LogP contribution in [0.25, 0.3) is 0 Å². The number of aryl methyl sites for hydroxylation is 1. The predicted molar refractivity (Wildman–Crippen MR) is 96.8 cm³/mol. The van der Waals surface area contributed by atoms with E-state index >= 15 is 0 Å². The molecule has 0 bridgehead atoms. The maximum absolute atomic E-state index is 12.6. The van der Waals surface area contributed by atoms with E-state index in [0.29, 0.717) is 18.4 Å². The molecule has 1 spiro atoms. The van der Waals surface area contributed by atoms with Crippen molar-refractivity contribution in [3.63, 3.8) is 0 Å². The molecular weight excluding hydrogens is 371 g/mol. The second-order valence-corrected chi connectivity index (χ2v) is 9.31. The minimum Gasteiger partial charge on any atom is -0.406 e. The Morgan fingerprint density at radius 3 is 2.54 bits per heavy atom. The van der Waals surface area contributed by atoms with Gasteiger partial charge in [0.1, 0.15) is 5.75 Å². The van der Waals surface area contributed by atoms with Gasteiger partial charge in [0, 0.05) is 24.4 Å². The van der Waals surface area contributed by atoms with Crippen molar-refractivity contribution in [2.75, 3.05) is 13.1 Å². The molecule has 0 aromatic heterocycles. The second-order valence-electron chi connectivity index (χ2n) is 9.31. The third-order valence-electron chi connectivity index (χ3n) is 6.70. The summed E-state index contributed by atoms with van der Waals surface area (Å²) < 4.78 is 42.0. The number of halogens is 3. The SMILES string of the molecule is Cc1ccc(C2CCC3(C2)CN(C(=O)C2CC(C)(O)C2)C3)cc1OC(F)(F)F.